The van der Waals surface area contributed by atoms with Crippen molar-refractivity contribution in [3.05, 3.63) is 52.8 Å². The van der Waals surface area contributed by atoms with Crippen molar-refractivity contribution in [2.24, 2.45) is 0 Å². The molecule has 2 heterocycles. The van der Waals surface area contributed by atoms with Gasteiger partial charge in [-0.05, 0) is 36.5 Å². The van der Waals surface area contributed by atoms with Crippen molar-refractivity contribution in [1.29, 1.82) is 5.26 Å². The molecule has 5 nitrogen and oxygen atoms in total. The van der Waals surface area contributed by atoms with Crippen LogP contribution in [-0.2, 0) is 6.54 Å². The summed E-state index contributed by atoms with van der Waals surface area (Å²) in [7, 11) is 0. The van der Waals surface area contributed by atoms with Gasteiger partial charge in [0.15, 0.2) is 4.77 Å². The van der Waals surface area contributed by atoms with Gasteiger partial charge in [-0.1, -0.05) is 0 Å². The maximum absolute atomic E-state index is 8.97. The first-order valence-electron chi connectivity index (χ1n) is 5.65. The van der Waals surface area contributed by atoms with Crippen molar-refractivity contribution in [3.63, 3.8) is 0 Å². The predicted octanol–water partition coefficient (Wildman–Crippen LogP) is 2.41. The van der Waals surface area contributed by atoms with E-state index in [9.17, 15) is 0 Å². The molecular weight excluding hydrogens is 258 g/mol. The SMILES string of the molecule is N#Cc1ccc2[nH]c(=S)n(Cc3ccncn3)c2c1. The molecule has 3 aromatic rings. The molecule has 0 aliphatic rings. The van der Waals surface area contributed by atoms with Crippen LogP contribution in [0.4, 0.5) is 0 Å². The average molecular weight is 267 g/mol. The molecule has 19 heavy (non-hydrogen) atoms. The molecule has 0 fully saturated rings. The van der Waals surface area contributed by atoms with Crippen LogP contribution >= 0.6 is 12.2 Å². The average Bonchev–Trinajstić information content (AvgIpc) is 2.76. The number of nitriles is 1. The Kier molecular flexibility index (Phi) is 2.82. The number of nitrogens with zero attached hydrogens (tertiary/aromatic N) is 4. The first-order valence-corrected chi connectivity index (χ1v) is 6.06. The quantitative estimate of drug-likeness (QED) is 0.724. The summed E-state index contributed by atoms with van der Waals surface area (Å²) >= 11 is 5.31. The van der Waals surface area contributed by atoms with Crippen LogP contribution in [0.5, 0.6) is 0 Å². The van der Waals surface area contributed by atoms with E-state index in [-0.39, 0.29) is 0 Å². The number of benzene rings is 1. The molecule has 0 aliphatic carbocycles. The second-order valence-corrected chi connectivity index (χ2v) is 4.45. The number of fused-ring (bicyclic) bond motifs is 1. The lowest BCUT2D eigenvalue weighted by atomic mass is 10.2. The Morgan fingerprint density at radius 2 is 2.26 bits per heavy atom. The standard InChI is InChI=1S/C13H9N5S/c14-6-9-1-2-11-12(5-9)18(13(19)17-11)7-10-3-4-15-8-16-10/h1-5,8H,7H2,(H,17,19). The zero-order valence-corrected chi connectivity index (χ0v) is 10.7. The van der Waals surface area contributed by atoms with Crippen molar-refractivity contribution < 1.29 is 0 Å². The third-order valence-corrected chi connectivity index (χ3v) is 3.19. The van der Waals surface area contributed by atoms with E-state index in [1.165, 1.54) is 6.33 Å². The molecule has 0 atom stereocenters. The summed E-state index contributed by atoms with van der Waals surface area (Å²) in [6.45, 7) is 0.552. The van der Waals surface area contributed by atoms with Crippen LogP contribution in [0.15, 0.2) is 36.8 Å². The van der Waals surface area contributed by atoms with Gasteiger partial charge in [-0.25, -0.2) is 9.97 Å². The van der Waals surface area contributed by atoms with Gasteiger partial charge in [-0.15, -0.1) is 0 Å². The number of imidazole rings is 1. The highest BCUT2D eigenvalue weighted by Gasteiger charge is 2.06. The second-order valence-electron chi connectivity index (χ2n) is 4.06. The van der Waals surface area contributed by atoms with E-state index < -0.39 is 0 Å². The molecule has 0 bridgehead atoms. The molecular formula is C13H9N5S. The Balaban J connectivity index is 2.15. The van der Waals surface area contributed by atoms with Gasteiger partial charge in [0.25, 0.3) is 0 Å². The van der Waals surface area contributed by atoms with E-state index in [1.807, 2.05) is 22.8 Å². The molecule has 1 aromatic carbocycles. The number of hydrogen-bond donors (Lipinski definition) is 1. The van der Waals surface area contributed by atoms with E-state index in [1.54, 1.807) is 12.3 Å². The number of nitrogens with one attached hydrogen (secondary N) is 1. The fraction of sp³-hybridized carbons (Fsp3) is 0.0769. The highest BCUT2D eigenvalue weighted by atomic mass is 32.1. The van der Waals surface area contributed by atoms with E-state index in [0.29, 0.717) is 16.9 Å². The summed E-state index contributed by atoms with van der Waals surface area (Å²) in [5.74, 6) is 0. The Morgan fingerprint density at radius 3 is 3.00 bits per heavy atom. The summed E-state index contributed by atoms with van der Waals surface area (Å²) in [5.41, 5.74) is 3.30. The van der Waals surface area contributed by atoms with E-state index in [0.717, 1.165) is 16.7 Å². The summed E-state index contributed by atoms with van der Waals surface area (Å²) in [5, 5.41) is 8.97. The molecule has 6 heteroatoms. The van der Waals surface area contributed by atoms with Gasteiger partial charge in [0, 0.05) is 6.20 Å². The third kappa shape index (κ3) is 2.11. The minimum Gasteiger partial charge on any atom is -0.331 e. The normalized spacial score (nSPS) is 10.5. The van der Waals surface area contributed by atoms with E-state index in [4.69, 9.17) is 17.5 Å². The van der Waals surface area contributed by atoms with E-state index in [2.05, 4.69) is 21.0 Å². The van der Waals surface area contributed by atoms with Gasteiger partial charge >= 0.3 is 0 Å². The largest absolute Gasteiger partial charge is 0.331 e. The second kappa shape index (κ2) is 4.63. The molecule has 2 aromatic heterocycles. The maximum Gasteiger partial charge on any atom is 0.178 e. The lowest BCUT2D eigenvalue weighted by Gasteiger charge is -2.03. The number of aromatic amines is 1. The highest BCUT2D eigenvalue weighted by molar-refractivity contribution is 7.71. The summed E-state index contributed by atoms with van der Waals surface area (Å²) < 4.78 is 2.54. The maximum atomic E-state index is 8.97. The van der Waals surface area contributed by atoms with E-state index >= 15 is 0 Å². The van der Waals surface area contributed by atoms with Crippen LogP contribution in [0.25, 0.3) is 11.0 Å². The minimum absolute atomic E-state index is 0.552. The molecule has 0 saturated carbocycles. The van der Waals surface area contributed by atoms with Gasteiger partial charge in [-0.3, -0.25) is 0 Å². The zero-order chi connectivity index (χ0) is 13.2. The van der Waals surface area contributed by atoms with Crippen molar-refractivity contribution in [2.45, 2.75) is 6.54 Å². The molecule has 0 radical (unpaired) electrons. The fourth-order valence-corrected chi connectivity index (χ4v) is 2.23. The smallest absolute Gasteiger partial charge is 0.178 e. The molecule has 0 spiro atoms. The topological polar surface area (TPSA) is 70.3 Å². The molecule has 0 unspecified atom stereocenters. The third-order valence-electron chi connectivity index (χ3n) is 2.87. The Labute approximate surface area is 114 Å². The minimum atomic E-state index is 0.552. The van der Waals surface area contributed by atoms with Crippen LogP contribution < -0.4 is 0 Å². The number of rotatable bonds is 2. The van der Waals surface area contributed by atoms with Crippen LogP contribution in [0.3, 0.4) is 0 Å². The Morgan fingerprint density at radius 1 is 1.37 bits per heavy atom. The summed E-state index contributed by atoms with van der Waals surface area (Å²) in [6, 6.07) is 9.42. The molecule has 0 saturated heterocycles. The zero-order valence-electron chi connectivity index (χ0n) is 9.87. The van der Waals surface area contributed by atoms with Crippen molar-refractivity contribution in [2.75, 3.05) is 0 Å². The number of H-pyrrole nitrogens is 1. The van der Waals surface area contributed by atoms with Gasteiger partial charge < -0.3 is 9.55 Å². The van der Waals surface area contributed by atoms with Crippen LogP contribution in [-0.4, -0.2) is 19.5 Å². The first-order chi connectivity index (χ1) is 9.28. The lowest BCUT2D eigenvalue weighted by molar-refractivity contribution is 0.780. The Bertz CT molecular complexity index is 826. The monoisotopic (exact) mass is 267 g/mol. The van der Waals surface area contributed by atoms with Crippen LogP contribution in [0.2, 0.25) is 0 Å². The predicted molar refractivity (Wildman–Crippen MR) is 73.0 cm³/mol. The number of hydrogen-bond acceptors (Lipinski definition) is 4. The van der Waals surface area contributed by atoms with Gasteiger partial charge in [0.05, 0.1) is 34.9 Å². The molecule has 92 valence electrons. The van der Waals surface area contributed by atoms with Crippen molar-refractivity contribution >= 4 is 23.3 Å². The van der Waals surface area contributed by atoms with Crippen LogP contribution in [0.1, 0.15) is 11.3 Å². The summed E-state index contributed by atoms with van der Waals surface area (Å²) in [6.07, 6.45) is 3.20. The highest BCUT2D eigenvalue weighted by Crippen LogP contribution is 2.17. The van der Waals surface area contributed by atoms with Crippen molar-refractivity contribution in [3.8, 4) is 6.07 Å². The van der Waals surface area contributed by atoms with Gasteiger partial charge in [0.1, 0.15) is 6.33 Å². The lowest BCUT2D eigenvalue weighted by Crippen LogP contribution is -2.01. The Hall–Kier alpha value is -2.52. The molecule has 3 rings (SSSR count). The summed E-state index contributed by atoms with van der Waals surface area (Å²) in [4.78, 5) is 11.2. The number of aromatic nitrogens is 4. The fourth-order valence-electron chi connectivity index (χ4n) is 1.95. The van der Waals surface area contributed by atoms with Gasteiger partial charge in [0.2, 0.25) is 0 Å². The first kappa shape index (κ1) is 11.6. The molecule has 1 N–H and O–H groups in total. The molecule has 0 amide bonds. The van der Waals surface area contributed by atoms with Crippen molar-refractivity contribution in [1.82, 2.24) is 19.5 Å². The van der Waals surface area contributed by atoms with Gasteiger partial charge in [-0.2, -0.15) is 5.26 Å². The van der Waals surface area contributed by atoms with Crippen LogP contribution in [0, 0.1) is 16.1 Å². The molecule has 0 aliphatic heterocycles.